The Morgan fingerprint density at radius 3 is 2.76 bits per heavy atom. The Bertz CT molecular complexity index is 809. The minimum atomic E-state index is -0.276. The molecule has 6 nitrogen and oxygen atoms in total. The quantitative estimate of drug-likeness (QED) is 0.439. The van der Waals surface area contributed by atoms with E-state index in [1.54, 1.807) is 28.9 Å². The Balaban J connectivity index is 1.88. The largest absolute Gasteiger partial charge is 0.411 e. The standard InChI is InChI=1S/C15H12N4O2/c20-15(17-12-4-2-1-3-5-12)13-10-19-9-11(8-16-21)6-7-14(19)18-13/h1-10,21H,(H,17,20). The summed E-state index contributed by atoms with van der Waals surface area (Å²) in [6.07, 6.45) is 4.66. The Morgan fingerprint density at radius 2 is 2.00 bits per heavy atom. The van der Waals surface area contributed by atoms with Crippen molar-refractivity contribution in [2.45, 2.75) is 0 Å². The van der Waals surface area contributed by atoms with Gasteiger partial charge in [-0.3, -0.25) is 4.79 Å². The number of anilines is 1. The van der Waals surface area contributed by atoms with Crippen molar-refractivity contribution in [1.82, 2.24) is 9.38 Å². The number of fused-ring (bicyclic) bond motifs is 1. The second-order valence-electron chi connectivity index (χ2n) is 4.42. The summed E-state index contributed by atoms with van der Waals surface area (Å²) in [5, 5.41) is 14.3. The molecule has 3 rings (SSSR count). The van der Waals surface area contributed by atoms with E-state index in [4.69, 9.17) is 5.21 Å². The van der Waals surface area contributed by atoms with Crippen molar-refractivity contribution in [3.63, 3.8) is 0 Å². The first kappa shape index (κ1) is 12.9. The second kappa shape index (κ2) is 5.46. The van der Waals surface area contributed by atoms with E-state index in [1.165, 1.54) is 6.21 Å². The highest BCUT2D eigenvalue weighted by molar-refractivity contribution is 6.03. The van der Waals surface area contributed by atoms with Crippen LogP contribution >= 0.6 is 0 Å². The normalized spacial score (nSPS) is 11.0. The van der Waals surface area contributed by atoms with Crippen LogP contribution in [0.15, 0.2) is 60.0 Å². The summed E-state index contributed by atoms with van der Waals surface area (Å²) in [5.41, 5.74) is 2.38. The first-order valence-electron chi connectivity index (χ1n) is 6.29. The van der Waals surface area contributed by atoms with Gasteiger partial charge in [-0.25, -0.2) is 4.98 Å². The molecule has 1 amide bonds. The number of oxime groups is 1. The molecule has 2 N–H and O–H groups in total. The van der Waals surface area contributed by atoms with Gasteiger partial charge in [0.2, 0.25) is 0 Å². The average molecular weight is 280 g/mol. The zero-order valence-corrected chi connectivity index (χ0v) is 11.0. The number of nitrogens with zero attached hydrogens (tertiary/aromatic N) is 3. The van der Waals surface area contributed by atoms with Gasteiger partial charge in [0.25, 0.3) is 5.91 Å². The van der Waals surface area contributed by atoms with Crippen LogP contribution in [0, 0.1) is 0 Å². The summed E-state index contributed by atoms with van der Waals surface area (Å²) >= 11 is 0. The number of amides is 1. The average Bonchev–Trinajstić information content (AvgIpc) is 2.92. The van der Waals surface area contributed by atoms with Gasteiger partial charge in [-0.15, -0.1) is 0 Å². The maximum atomic E-state index is 12.1. The zero-order chi connectivity index (χ0) is 14.7. The lowest BCUT2D eigenvalue weighted by Gasteiger charge is -2.01. The van der Waals surface area contributed by atoms with Crippen LogP contribution in [0.3, 0.4) is 0 Å². The molecule has 0 aliphatic heterocycles. The van der Waals surface area contributed by atoms with Crippen molar-refractivity contribution in [2.24, 2.45) is 5.16 Å². The molecule has 0 saturated carbocycles. The number of carbonyl (C=O) groups excluding carboxylic acids is 1. The third-order valence-electron chi connectivity index (χ3n) is 2.95. The van der Waals surface area contributed by atoms with Gasteiger partial charge in [0.1, 0.15) is 11.3 Å². The Labute approximate surface area is 120 Å². The van der Waals surface area contributed by atoms with Crippen molar-refractivity contribution in [3.05, 3.63) is 66.1 Å². The van der Waals surface area contributed by atoms with Gasteiger partial charge >= 0.3 is 0 Å². The van der Waals surface area contributed by atoms with Gasteiger partial charge in [-0.2, -0.15) is 0 Å². The monoisotopic (exact) mass is 280 g/mol. The van der Waals surface area contributed by atoms with Crippen molar-refractivity contribution in [1.29, 1.82) is 0 Å². The van der Waals surface area contributed by atoms with Crippen molar-refractivity contribution >= 4 is 23.5 Å². The summed E-state index contributed by atoms with van der Waals surface area (Å²) in [4.78, 5) is 16.4. The predicted molar refractivity (Wildman–Crippen MR) is 79.0 cm³/mol. The first-order valence-corrected chi connectivity index (χ1v) is 6.29. The SMILES string of the molecule is O=C(Nc1ccccc1)c1cn2cc(C=NO)ccc2n1. The molecule has 0 aliphatic carbocycles. The molecule has 2 aromatic heterocycles. The Kier molecular flexibility index (Phi) is 3.34. The first-order chi connectivity index (χ1) is 10.3. The third kappa shape index (κ3) is 2.74. The lowest BCUT2D eigenvalue weighted by atomic mass is 10.3. The van der Waals surface area contributed by atoms with Gasteiger partial charge in [0, 0.05) is 23.6 Å². The molecule has 0 aliphatic rings. The fraction of sp³-hybridized carbons (Fsp3) is 0. The highest BCUT2D eigenvalue weighted by atomic mass is 16.4. The van der Waals surface area contributed by atoms with Crippen LogP contribution in [-0.4, -0.2) is 26.7 Å². The zero-order valence-electron chi connectivity index (χ0n) is 11.0. The number of rotatable bonds is 3. The molecule has 0 bridgehead atoms. The third-order valence-corrected chi connectivity index (χ3v) is 2.95. The number of pyridine rings is 1. The number of aromatic nitrogens is 2. The van der Waals surface area contributed by atoms with Crippen LogP contribution in [0.1, 0.15) is 16.1 Å². The molecule has 6 heteroatoms. The lowest BCUT2D eigenvalue weighted by molar-refractivity contribution is 0.102. The number of nitrogens with one attached hydrogen (secondary N) is 1. The number of benzene rings is 1. The number of imidazole rings is 1. The maximum absolute atomic E-state index is 12.1. The summed E-state index contributed by atoms with van der Waals surface area (Å²) < 4.78 is 1.71. The van der Waals surface area contributed by atoms with Gasteiger partial charge in [0.05, 0.1) is 6.21 Å². The van der Waals surface area contributed by atoms with E-state index in [0.717, 1.165) is 0 Å². The van der Waals surface area contributed by atoms with E-state index in [2.05, 4.69) is 15.5 Å². The van der Waals surface area contributed by atoms with E-state index in [1.807, 2.05) is 30.3 Å². The van der Waals surface area contributed by atoms with Gasteiger partial charge in [-0.05, 0) is 24.3 Å². The highest BCUT2D eigenvalue weighted by Gasteiger charge is 2.11. The van der Waals surface area contributed by atoms with Gasteiger partial charge in [-0.1, -0.05) is 23.4 Å². The number of hydrogen-bond acceptors (Lipinski definition) is 4. The molecular weight excluding hydrogens is 268 g/mol. The number of para-hydroxylation sites is 1. The maximum Gasteiger partial charge on any atom is 0.275 e. The summed E-state index contributed by atoms with van der Waals surface area (Å²) in [6, 6.07) is 12.7. The molecule has 0 fully saturated rings. The van der Waals surface area contributed by atoms with Gasteiger partial charge < -0.3 is 14.9 Å². The molecule has 0 spiro atoms. The van der Waals surface area contributed by atoms with E-state index in [9.17, 15) is 4.79 Å². The molecular formula is C15H12N4O2. The predicted octanol–water partition coefficient (Wildman–Crippen LogP) is 2.39. The van der Waals surface area contributed by atoms with Crippen LogP contribution < -0.4 is 5.32 Å². The minimum Gasteiger partial charge on any atom is -0.411 e. The Morgan fingerprint density at radius 1 is 1.19 bits per heavy atom. The molecule has 0 saturated heterocycles. The van der Waals surface area contributed by atoms with E-state index in [-0.39, 0.29) is 5.91 Å². The van der Waals surface area contributed by atoms with Crippen LogP contribution in [-0.2, 0) is 0 Å². The van der Waals surface area contributed by atoms with Crippen molar-refractivity contribution in [2.75, 3.05) is 5.32 Å². The Hall–Kier alpha value is -3.15. The molecule has 2 heterocycles. The fourth-order valence-electron chi connectivity index (χ4n) is 1.98. The summed E-state index contributed by atoms with van der Waals surface area (Å²) in [6.45, 7) is 0. The number of hydrogen-bond donors (Lipinski definition) is 2. The summed E-state index contributed by atoms with van der Waals surface area (Å²) in [7, 11) is 0. The summed E-state index contributed by atoms with van der Waals surface area (Å²) in [5.74, 6) is -0.276. The molecule has 104 valence electrons. The van der Waals surface area contributed by atoms with Gasteiger partial charge in [0.15, 0.2) is 0 Å². The molecule has 0 unspecified atom stereocenters. The fourth-order valence-corrected chi connectivity index (χ4v) is 1.98. The minimum absolute atomic E-state index is 0.276. The molecule has 0 atom stereocenters. The van der Waals surface area contributed by atoms with Crippen LogP contribution in [0.4, 0.5) is 5.69 Å². The highest BCUT2D eigenvalue weighted by Crippen LogP contribution is 2.10. The molecule has 21 heavy (non-hydrogen) atoms. The van der Waals surface area contributed by atoms with Crippen molar-refractivity contribution in [3.8, 4) is 0 Å². The van der Waals surface area contributed by atoms with Crippen LogP contribution in [0.5, 0.6) is 0 Å². The van der Waals surface area contributed by atoms with Crippen molar-refractivity contribution < 1.29 is 10.0 Å². The molecule has 3 aromatic rings. The van der Waals surface area contributed by atoms with E-state index < -0.39 is 0 Å². The molecule has 1 aromatic carbocycles. The van der Waals surface area contributed by atoms with E-state index >= 15 is 0 Å². The topological polar surface area (TPSA) is 79.0 Å². The molecule has 0 radical (unpaired) electrons. The van der Waals surface area contributed by atoms with E-state index in [0.29, 0.717) is 22.6 Å². The second-order valence-corrected chi connectivity index (χ2v) is 4.42. The van der Waals surface area contributed by atoms with Crippen LogP contribution in [0.2, 0.25) is 0 Å². The number of carbonyl (C=O) groups is 1. The lowest BCUT2D eigenvalue weighted by Crippen LogP contribution is -2.11. The van der Waals surface area contributed by atoms with Crippen LogP contribution in [0.25, 0.3) is 5.65 Å². The smallest absolute Gasteiger partial charge is 0.275 e.